The minimum absolute atomic E-state index is 0.000695. The number of aromatic nitrogens is 2. The van der Waals surface area contributed by atoms with E-state index in [0.717, 1.165) is 3.57 Å². The first-order valence-electron chi connectivity index (χ1n) is 6.39. The highest BCUT2D eigenvalue weighted by molar-refractivity contribution is 14.1. The Labute approximate surface area is 155 Å². The van der Waals surface area contributed by atoms with Gasteiger partial charge in [-0.1, -0.05) is 40.4 Å². The van der Waals surface area contributed by atoms with E-state index in [1.807, 2.05) is 12.1 Å². The lowest BCUT2D eigenvalue weighted by Gasteiger charge is -2.02. The molecule has 0 saturated heterocycles. The van der Waals surface area contributed by atoms with Gasteiger partial charge < -0.3 is 4.42 Å². The number of carbonyl (C=O) groups excluding carboxylic acids is 1. The number of carbonyl (C=O) groups is 1. The van der Waals surface area contributed by atoms with Gasteiger partial charge in [0.1, 0.15) is 0 Å². The predicted octanol–water partition coefficient (Wildman–Crippen LogP) is 4.90. The highest BCUT2D eigenvalue weighted by Crippen LogP contribution is 2.27. The number of nitrogens with zero attached hydrogens (tertiary/aromatic N) is 2. The van der Waals surface area contributed by atoms with Gasteiger partial charge in [-0.25, -0.2) is 0 Å². The molecule has 0 unspecified atom stereocenters. The summed E-state index contributed by atoms with van der Waals surface area (Å²) in [7, 11) is 0. The maximum atomic E-state index is 12.2. The summed E-state index contributed by atoms with van der Waals surface area (Å²) < 4.78 is 6.26. The van der Waals surface area contributed by atoms with E-state index in [1.165, 1.54) is 0 Å². The van der Waals surface area contributed by atoms with Crippen molar-refractivity contribution in [3.05, 3.63) is 61.6 Å². The van der Waals surface area contributed by atoms with E-state index in [0.29, 0.717) is 21.2 Å². The second-order valence-electron chi connectivity index (χ2n) is 4.50. The molecule has 0 aliphatic rings. The third-order valence-electron chi connectivity index (χ3n) is 2.87. The van der Waals surface area contributed by atoms with Gasteiger partial charge in [-0.05, 0) is 52.9 Å². The summed E-state index contributed by atoms with van der Waals surface area (Å²) in [4.78, 5) is 12.2. The molecule has 0 fully saturated rings. The average molecular weight is 460 g/mol. The number of anilines is 1. The van der Waals surface area contributed by atoms with Crippen molar-refractivity contribution in [2.45, 2.75) is 0 Å². The molecule has 23 heavy (non-hydrogen) atoms. The fraction of sp³-hybridized carbons (Fsp3) is 0. The van der Waals surface area contributed by atoms with Gasteiger partial charge >= 0.3 is 6.01 Å². The first kappa shape index (κ1) is 16.2. The Balaban J connectivity index is 1.82. The molecule has 0 atom stereocenters. The van der Waals surface area contributed by atoms with Crippen LogP contribution in [0.15, 0.2) is 46.9 Å². The molecule has 0 bridgehead atoms. The smallest absolute Gasteiger partial charge is 0.322 e. The molecule has 116 valence electrons. The van der Waals surface area contributed by atoms with Gasteiger partial charge in [0.25, 0.3) is 5.91 Å². The SMILES string of the molecule is O=C(Nc1nnc(-c2cc(Cl)cc(Cl)c2)o1)c1ccccc1I. The highest BCUT2D eigenvalue weighted by Gasteiger charge is 2.15. The van der Waals surface area contributed by atoms with Crippen LogP contribution in [0.4, 0.5) is 6.01 Å². The zero-order valence-electron chi connectivity index (χ0n) is 11.4. The molecule has 0 saturated carbocycles. The van der Waals surface area contributed by atoms with Crippen LogP contribution in [0.2, 0.25) is 10.0 Å². The maximum absolute atomic E-state index is 12.2. The summed E-state index contributed by atoms with van der Waals surface area (Å²) in [6.45, 7) is 0. The lowest BCUT2D eigenvalue weighted by atomic mass is 10.2. The lowest BCUT2D eigenvalue weighted by molar-refractivity contribution is 0.102. The second kappa shape index (κ2) is 6.86. The number of benzene rings is 2. The monoisotopic (exact) mass is 459 g/mol. The molecular weight excluding hydrogens is 452 g/mol. The maximum Gasteiger partial charge on any atom is 0.322 e. The molecule has 0 spiro atoms. The van der Waals surface area contributed by atoms with Crippen molar-refractivity contribution in [2.75, 3.05) is 5.32 Å². The van der Waals surface area contributed by atoms with E-state index in [2.05, 4.69) is 38.1 Å². The highest BCUT2D eigenvalue weighted by atomic mass is 127. The molecule has 0 aliphatic carbocycles. The molecule has 1 amide bonds. The topological polar surface area (TPSA) is 68.0 Å². The molecule has 3 rings (SSSR count). The quantitative estimate of drug-likeness (QED) is 0.565. The Morgan fingerprint density at radius 3 is 2.48 bits per heavy atom. The van der Waals surface area contributed by atoms with Crippen LogP contribution in [0.25, 0.3) is 11.5 Å². The fourth-order valence-electron chi connectivity index (χ4n) is 1.88. The van der Waals surface area contributed by atoms with Crippen LogP contribution in [-0.2, 0) is 0 Å². The summed E-state index contributed by atoms with van der Waals surface area (Å²) in [6.07, 6.45) is 0. The van der Waals surface area contributed by atoms with Gasteiger partial charge in [-0.15, -0.1) is 5.10 Å². The zero-order chi connectivity index (χ0) is 16.4. The van der Waals surface area contributed by atoms with Gasteiger partial charge in [-0.3, -0.25) is 10.1 Å². The number of nitrogens with one attached hydrogen (secondary N) is 1. The summed E-state index contributed by atoms with van der Waals surface area (Å²) in [5.41, 5.74) is 1.10. The third kappa shape index (κ3) is 3.82. The van der Waals surface area contributed by atoms with Crippen LogP contribution < -0.4 is 5.32 Å². The Morgan fingerprint density at radius 2 is 1.78 bits per heavy atom. The molecule has 2 aromatic carbocycles. The normalized spacial score (nSPS) is 10.6. The Bertz CT molecular complexity index is 862. The third-order valence-corrected chi connectivity index (χ3v) is 4.25. The van der Waals surface area contributed by atoms with Crippen molar-refractivity contribution in [3.63, 3.8) is 0 Å². The van der Waals surface area contributed by atoms with E-state index in [9.17, 15) is 4.79 Å². The Hall–Kier alpha value is -1.64. The first-order chi connectivity index (χ1) is 11.0. The fourth-order valence-corrected chi connectivity index (χ4v) is 3.04. The summed E-state index contributed by atoms with van der Waals surface area (Å²) >= 11 is 14.0. The Kier molecular flexibility index (Phi) is 4.84. The van der Waals surface area contributed by atoms with E-state index in [4.69, 9.17) is 27.6 Å². The van der Waals surface area contributed by atoms with Gasteiger partial charge in [0.2, 0.25) is 5.89 Å². The predicted molar refractivity (Wildman–Crippen MR) is 96.9 cm³/mol. The first-order valence-corrected chi connectivity index (χ1v) is 8.22. The van der Waals surface area contributed by atoms with Crippen LogP contribution in [0.1, 0.15) is 10.4 Å². The van der Waals surface area contributed by atoms with Crippen molar-refractivity contribution in [1.29, 1.82) is 0 Å². The molecule has 1 heterocycles. The van der Waals surface area contributed by atoms with Crippen LogP contribution in [0.3, 0.4) is 0 Å². The van der Waals surface area contributed by atoms with Crippen LogP contribution >= 0.6 is 45.8 Å². The molecule has 3 aromatic rings. The van der Waals surface area contributed by atoms with E-state index >= 15 is 0 Å². The van der Waals surface area contributed by atoms with E-state index in [-0.39, 0.29) is 17.8 Å². The zero-order valence-corrected chi connectivity index (χ0v) is 15.1. The molecule has 0 radical (unpaired) electrons. The van der Waals surface area contributed by atoms with Crippen LogP contribution in [-0.4, -0.2) is 16.1 Å². The minimum Gasteiger partial charge on any atom is -0.403 e. The lowest BCUT2D eigenvalue weighted by Crippen LogP contribution is -2.13. The van der Waals surface area contributed by atoms with Crippen molar-refractivity contribution in [1.82, 2.24) is 10.2 Å². The second-order valence-corrected chi connectivity index (χ2v) is 6.54. The van der Waals surface area contributed by atoms with Crippen molar-refractivity contribution in [2.24, 2.45) is 0 Å². The van der Waals surface area contributed by atoms with E-state index < -0.39 is 0 Å². The van der Waals surface area contributed by atoms with E-state index in [1.54, 1.807) is 30.3 Å². The van der Waals surface area contributed by atoms with Crippen LogP contribution in [0, 0.1) is 3.57 Å². The average Bonchev–Trinajstić information content (AvgIpc) is 2.95. The molecule has 1 N–H and O–H groups in total. The Morgan fingerprint density at radius 1 is 1.09 bits per heavy atom. The number of hydrogen-bond acceptors (Lipinski definition) is 4. The van der Waals surface area contributed by atoms with Gasteiger partial charge in [-0.2, -0.15) is 0 Å². The van der Waals surface area contributed by atoms with Gasteiger partial charge in [0.05, 0.1) is 5.56 Å². The summed E-state index contributed by atoms with van der Waals surface area (Å²) in [5.74, 6) is -0.109. The van der Waals surface area contributed by atoms with Crippen molar-refractivity contribution >= 4 is 57.7 Å². The summed E-state index contributed by atoms with van der Waals surface area (Å²) in [6, 6.07) is 12.1. The molecule has 8 heteroatoms. The standard InChI is InChI=1S/C15H8Cl2IN3O2/c16-9-5-8(6-10(17)7-9)14-20-21-15(23-14)19-13(22)11-3-1-2-4-12(11)18/h1-7H,(H,19,21,22). The molecular formula is C15H8Cl2IN3O2. The number of halogens is 3. The molecule has 1 aromatic heterocycles. The number of amides is 1. The van der Waals surface area contributed by atoms with Crippen molar-refractivity contribution < 1.29 is 9.21 Å². The number of rotatable bonds is 3. The van der Waals surface area contributed by atoms with Gasteiger partial charge in [0.15, 0.2) is 0 Å². The van der Waals surface area contributed by atoms with Gasteiger partial charge in [0, 0.05) is 19.2 Å². The number of hydrogen-bond donors (Lipinski definition) is 1. The summed E-state index contributed by atoms with van der Waals surface area (Å²) in [5, 5.41) is 11.2. The molecule has 5 nitrogen and oxygen atoms in total. The van der Waals surface area contributed by atoms with Crippen molar-refractivity contribution in [3.8, 4) is 11.5 Å². The van der Waals surface area contributed by atoms with Crippen LogP contribution in [0.5, 0.6) is 0 Å². The minimum atomic E-state index is -0.325. The largest absolute Gasteiger partial charge is 0.403 e. The molecule has 0 aliphatic heterocycles.